The lowest BCUT2D eigenvalue weighted by atomic mass is 10.1. The third-order valence-electron chi connectivity index (χ3n) is 4.98. The molecule has 0 unspecified atom stereocenters. The topological polar surface area (TPSA) is 55.8 Å². The van der Waals surface area contributed by atoms with Gasteiger partial charge in [-0.25, -0.2) is 8.42 Å². The van der Waals surface area contributed by atoms with E-state index in [1.54, 1.807) is 50.2 Å². The van der Waals surface area contributed by atoms with Gasteiger partial charge in [-0.2, -0.15) is 13.2 Å². The van der Waals surface area contributed by atoms with Crippen LogP contribution in [0.4, 0.5) is 18.9 Å². The zero-order valence-electron chi connectivity index (χ0n) is 19.9. The maximum absolute atomic E-state index is 13.6. The lowest BCUT2D eigenvalue weighted by Crippen LogP contribution is -2.37. The normalized spacial score (nSPS) is 12.1. The van der Waals surface area contributed by atoms with Crippen molar-refractivity contribution in [2.45, 2.75) is 57.5 Å². The molecule has 0 aromatic heterocycles. The Kier molecular flexibility index (Phi) is 8.00. The van der Waals surface area contributed by atoms with Gasteiger partial charge in [0.2, 0.25) is 0 Å². The van der Waals surface area contributed by atoms with E-state index >= 15 is 0 Å². The van der Waals surface area contributed by atoms with Gasteiger partial charge in [-0.05, 0) is 75.7 Å². The van der Waals surface area contributed by atoms with Crippen molar-refractivity contribution in [1.29, 1.82) is 0 Å². The SMILES string of the molecule is CC(C)Oc1ccc(S(=O)(=O)N(c2ccc(C(F)(F)F)cc2OCc2ccccc2)C(C)C)cc1. The summed E-state index contributed by atoms with van der Waals surface area (Å²) in [5.74, 6) is 0.331. The Labute approximate surface area is 204 Å². The minimum Gasteiger partial charge on any atom is -0.491 e. The molecule has 0 heterocycles. The Morgan fingerprint density at radius 3 is 2.06 bits per heavy atom. The lowest BCUT2D eigenvalue weighted by molar-refractivity contribution is -0.137. The first-order valence-electron chi connectivity index (χ1n) is 11.1. The summed E-state index contributed by atoms with van der Waals surface area (Å²) in [5, 5.41) is 0. The van der Waals surface area contributed by atoms with Crippen LogP contribution < -0.4 is 13.8 Å². The molecule has 0 amide bonds. The predicted molar refractivity (Wildman–Crippen MR) is 129 cm³/mol. The minimum absolute atomic E-state index is 0.0174. The summed E-state index contributed by atoms with van der Waals surface area (Å²) in [7, 11) is -4.14. The average Bonchev–Trinajstić information content (AvgIpc) is 2.78. The van der Waals surface area contributed by atoms with E-state index in [4.69, 9.17) is 9.47 Å². The second kappa shape index (κ2) is 10.6. The van der Waals surface area contributed by atoms with Crippen molar-refractivity contribution in [2.75, 3.05) is 4.31 Å². The highest BCUT2D eigenvalue weighted by Crippen LogP contribution is 2.40. The summed E-state index contributed by atoms with van der Waals surface area (Å²) in [6, 6.07) is 17.0. The van der Waals surface area contributed by atoms with E-state index in [0.717, 1.165) is 28.1 Å². The summed E-state index contributed by atoms with van der Waals surface area (Å²) in [6.45, 7) is 6.97. The monoisotopic (exact) mass is 507 g/mol. The first-order valence-corrected chi connectivity index (χ1v) is 12.5. The fourth-order valence-electron chi connectivity index (χ4n) is 3.48. The number of sulfonamides is 1. The summed E-state index contributed by atoms with van der Waals surface area (Å²) in [4.78, 5) is -0.0174. The van der Waals surface area contributed by atoms with Crippen molar-refractivity contribution in [1.82, 2.24) is 0 Å². The number of benzene rings is 3. The lowest BCUT2D eigenvalue weighted by Gasteiger charge is -2.30. The maximum atomic E-state index is 13.6. The number of halogens is 3. The average molecular weight is 508 g/mol. The molecule has 0 aliphatic carbocycles. The van der Waals surface area contributed by atoms with Crippen LogP contribution in [0.15, 0.2) is 77.7 Å². The van der Waals surface area contributed by atoms with Crippen LogP contribution in [0.3, 0.4) is 0 Å². The fraction of sp³-hybridized carbons (Fsp3) is 0.308. The summed E-state index contributed by atoms with van der Waals surface area (Å²) >= 11 is 0. The van der Waals surface area contributed by atoms with Crippen molar-refractivity contribution in [3.63, 3.8) is 0 Å². The molecule has 0 fully saturated rings. The molecule has 5 nitrogen and oxygen atoms in total. The van der Waals surface area contributed by atoms with Gasteiger partial charge in [-0.1, -0.05) is 30.3 Å². The maximum Gasteiger partial charge on any atom is 0.416 e. The zero-order valence-corrected chi connectivity index (χ0v) is 20.7. The number of anilines is 1. The second-order valence-corrected chi connectivity index (χ2v) is 10.3. The smallest absolute Gasteiger partial charge is 0.416 e. The van der Waals surface area contributed by atoms with Gasteiger partial charge < -0.3 is 9.47 Å². The third-order valence-corrected chi connectivity index (χ3v) is 6.99. The zero-order chi connectivity index (χ0) is 25.8. The minimum atomic E-state index is -4.61. The van der Waals surface area contributed by atoms with Crippen LogP contribution in [-0.4, -0.2) is 20.6 Å². The quantitative estimate of drug-likeness (QED) is 0.324. The predicted octanol–water partition coefficient (Wildman–Crippen LogP) is 6.68. The molecular weight excluding hydrogens is 479 g/mol. The highest BCUT2D eigenvalue weighted by Gasteiger charge is 2.34. The van der Waals surface area contributed by atoms with E-state index in [1.165, 1.54) is 12.1 Å². The van der Waals surface area contributed by atoms with Gasteiger partial charge in [0, 0.05) is 6.04 Å². The number of ether oxygens (including phenoxy) is 2. The van der Waals surface area contributed by atoms with Crippen molar-refractivity contribution in [3.8, 4) is 11.5 Å². The van der Waals surface area contributed by atoms with Crippen molar-refractivity contribution in [3.05, 3.63) is 83.9 Å². The number of hydrogen-bond acceptors (Lipinski definition) is 4. The summed E-state index contributed by atoms with van der Waals surface area (Å²) in [5.41, 5.74) is -0.178. The van der Waals surface area contributed by atoms with Crippen molar-refractivity contribution in [2.24, 2.45) is 0 Å². The van der Waals surface area contributed by atoms with Crippen LogP contribution in [0.2, 0.25) is 0 Å². The van der Waals surface area contributed by atoms with Gasteiger partial charge in [0.05, 0.1) is 22.3 Å². The van der Waals surface area contributed by atoms with Gasteiger partial charge >= 0.3 is 6.18 Å². The van der Waals surface area contributed by atoms with Crippen LogP contribution in [0, 0.1) is 0 Å². The summed E-state index contributed by atoms with van der Waals surface area (Å²) < 4.78 is 80.0. The van der Waals surface area contributed by atoms with Crippen LogP contribution >= 0.6 is 0 Å². The Bertz CT molecular complexity index is 1230. The molecule has 0 bridgehead atoms. The summed E-state index contributed by atoms with van der Waals surface area (Å²) in [6.07, 6.45) is -4.70. The Hall–Kier alpha value is -3.20. The van der Waals surface area contributed by atoms with Crippen LogP contribution in [0.5, 0.6) is 11.5 Å². The highest BCUT2D eigenvalue weighted by atomic mass is 32.2. The molecule has 3 aromatic rings. The van der Waals surface area contributed by atoms with E-state index in [2.05, 4.69) is 0 Å². The highest BCUT2D eigenvalue weighted by molar-refractivity contribution is 7.92. The van der Waals surface area contributed by atoms with E-state index < -0.39 is 27.8 Å². The van der Waals surface area contributed by atoms with Gasteiger partial charge in [-0.3, -0.25) is 4.31 Å². The second-order valence-electron chi connectivity index (χ2n) is 8.49. The molecular formula is C26H28F3NO4S. The molecule has 0 atom stereocenters. The van der Waals surface area contributed by atoms with Crippen LogP contribution in [-0.2, 0) is 22.8 Å². The largest absolute Gasteiger partial charge is 0.491 e. The number of alkyl halides is 3. The molecule has 0 aliphatic heterocycles. The number of rotatable bonds is 9. The molecule has 0 saturated heterocycles. The number of nitrogens with zero attached hydrogens (tertiary/aromatic N) is 1. The van der Waals surface area contributed by atoms with E-state index in [-0.39, 0.29) is 29.0 Å². The molecule has 35 heavy (non-hydrogen) atoms. The first-order chi connectivity index (χ1) is 16.4. The molecule has 3 rings (SSSR count). The van der Waals surface area contributed by atoms with E-state index in [0.29, 0.717) is 5.75 Å². The number of hydrogen-bond donors (Lipinski definition) is 0. The molecule has 188 valence electrons. The van der Waals surface area contributed by atoms with Gasteiger partial charge in [-0.15, -0.1) is 0 Å². The van der Waals surface area contributed by atoms with Crippen molar-refractivity contribution >= 4 is 15.7 Å². The Morgan fingerprint density at radius 2 is 1.51 bits per heavy atom. The molecule has 3 aromatic carbocycles. The molecule has 0 N–H and O–H groups in total. The van der Waals surface area contributed by atoms with Crippen LogP contribution in [0.1, 0.15) is 38.8 Å². The van der Waals surface area contributed by atoms with Gasteiger partial charge in [0.25, 0.3) is 10.0 Å². The van der Waals surface area contributed by atoms with E-state index in [9.17, 15) is 21.6 Å². The first kappa shape index (κ1) is 26.4. The van der Waals surface area contributed by atoms with Crippen LogP contribution in [0.25, 0.3) is 0 Å². The third kappa shape index (κ3) is 6.48. The fourth-order valence-corrected chi connectivity index (χ4v) is 5.16. The molecule has 9 heteroatoms. The standard InChI is InChI=1S/C26H28F3NO4S/c1-18(2)30(35(31,32)23-13-11-22(12-14-23)34-19(3)4)24-15-10-21(26(27,28)29)16-25(24)33-17-20-8-6-5-7-9-20/h5-16,18-19H,17H2,1-4H3. The van der Waals surface area contributed by atoms with E-state index in [1.807, 2.05) is 19.9 Å². The van der Waals surface area contributed by atoms with Crippen molar-refractivity contribution < 1.29 is 31.1 Å². The molecule has 0 radical (unpaired) electrons. The molecule has 0 spiro atoms. The van der Waals surface area contributed by atoms with Gasteiger partial charge in [0.15, 0.2) is 0 Å². The molecule has 0 saturated carbocycles. The van der Waals surface area contributed by atoms with Gasteiger partial charge in [0.1, 0.15) is 18.1 Å². The molecule has 0 aliphatic rings. The Balaban J connectivity index is 2.05. The Morgan fingerprint density at radius 1 is 0.886 bits per heavy atom.